The number of carbonyl (C=O) groups is 1. The van der Waals surface area contributed by atoms with Gasteiger partial charge in [-0.3, -0.25) is 4.79 Å². The fraction of sp³-hybridized carbons (Fsp3) is 0.348. The van der Waals surface area contributed by atoms with E-state index < -0.39 is 15.1 Å². The van der Waals surface area contributed by atoms with E-state index in [2.05, 4.69) is 0 Å². The fourth-order valence-electron chi connectivity index (χ4n) is 4.81. The first kappa shape index (κ1) is 19.2. The van der Waals surface area contributed by atoms with Gasteiger partial charge < -0.3 is 14.4 Å². The number of hydrogen-bond donors (Lipinski definition) is 0. The second-order valence-corrected chi connectivity index (χ2v) is 10.3. The van der Waals surface area contributed by atoms with E-state index in [-0.39, 0.29) is 24.8 Å². The zero-order valence-electron chi connectivity index (χ0n) is 16.4. The lowest BCUT2D eigenvalue weighted by Crippen LogP contribution is -2.49. The molecule has 156 valence electrons. The molecule has 0 aliphatic carbocycles. The van der Waals surface area contributed by atoms with Gasteiger partial charge in [0.2, 0.25) is 12.7 Å². The van der Waals surface area contributed by atoms with Crippen molar-refractivity contribution in [1.29, 1.82) is 0 Å². The van der Waals surface area contributed by atoms with Crippen molar-refractivity contribution in [2.45, 2.75) is 47.9 Å². The molecule has 2 saturated heterocycles. The molecule has 0 aromatic heterocycles. The van der Waals surface area contributed by atoms with Crippen LogP contribution in [-0.4, -0.2) is 43.4 Å². The van der Waals surface area contributed by atoms with Crippen LogP contribution in [0.4, 0.5) is 0 Å². The Morgan fingerprint density at radius 2 is 1.67 bits per heavy atom. The Bertz CT molecular complexity index is 1080. The second kappa shape index (κ2) is 7.47. The number of carbonyl (C=O) groups excluding carboxylic acids is 1. The van der Waals surface area contributed by atoms with E-state index in [9.17, 15) is 13.2 Å². The molecule has 2 fully saturated rings. The van der Waals surface area contributed by atoms with Gasteiger partial charge in [-0.15, -0.1) is 0 Å². The highest BCUT2D eigenvalue weighted by Crippen LogP contribution is 2.40. The Balaban J connectivity index is 1.30. The van der Waals surface area contributed by atoms with Gasteiger partial charge in [0.25, 0.3) is 0 Å². The van der Waals surface area contributed by atoms with E-state index >= 15 is 0 Å². The second-order valence-electron chi connectivity index (χ2n) is 8.03. The smallest absolute Gasteiger partial charge is 0.247 e. The summed E-state index contributed by atoms with van der Waals surface area (Å²) in [6, 6.07) is 14.1. The van der Waals surface area contributed by atoms with E-state index in [4.69, 9.17) is 9.47 Å². The summed E-state index contributed by atoms with van der Waals surface area (Å²) in [5.74, 6) is 1.32. The summed E-state index contributed by atoms with van der Waals surface area (Å²) < 4.78 is 36.8. The number of nitrogens with zero attached hydrogens (tertiary/aromatic N) is 1. The Hall–Kier alpha value is -2.80. The normalized spacial score (nSPS) is 25.1. The molecule has 3 heterocycles. The van der Waals surface area contributed by atoms with Gasteiger partial charge in [-0.2, -0.15) is 0 Å². The molecule has 2 aromatic rings. The first-order valence-corrected chi connectivity index (χ1v) is 11.8. The standard InChI is InChI=1S/C23H23NO5S/c25-23(11-7-16-6-10-21-22(12-16)29-15-28-21)24-17-8-9-18(24)14-20(13-17)30(26,27)19-4-2-1-3-5-19/h1-7,10-12,17-18,20H,8-9,13-15H2/b11-7+/t17-,18-/m0/s1. The van der Waals surface area contributed by atoms with Gasteiger partial charge in [0, 0.05) is 18.2 Å². The third-order valence-corrected chi connectivity index (χ3v) is 8.46. The number of fused-ring (bicyclic) bond motifs is 3. The topological polar surface area (TPSA) is 72.9 Å². The van der Waals surface area contributed by atoms with Crippen molar-refractivity contribution in [3.05, 3.63) is 60.2 Å². The predicted octanol–water partition coefficient (Wildman–Crippen LogP) is 3.42. The van der Waals surface area contributed by atoms with Crippen LogP contribution < -0.4 is 9.47 Å². The minimum Gasteiger partial charge on any atom is -0.454 e. The van der Waals surface area contributed by atoms with Crippen LogP contribution >= 0.6 is 0 Å². The molecule has 2 bridgehead atoms. The molecule has 1 amide bonds. The van der Waals surface area contributed by atoms with Crippen LogP contribution in [0.1, 0.15) is 31.2 Å². The molecule has 3 aliphatic rings. The molecule has 0 saturated carbocycles. The molecule has 0 N–H and O–H groups in total. The maximum Gasteiger partial charge on any atom is 0.247 e. The third kappa shape index (κ3) is 3.37. The Morgan fingerprint density at radius 3 is 2.40 bits per heavy atom. The number of sulfone groups is 1. The quantitative estimate of drug-likeness (QED) is 0.702. The van der Waals surface area contributed by atoms with E-state index in [1.165, 1.54) is 0 Å². The maximum atomic E-state index is 13.0. The Morgan fingerprint density at radius 1 is 0.967 bits per heavy atom. The van der Waals surface area contributed by atoms with Gasteiger partial charge in [-0.05, 0) is 61.6 Å². The molecule has 7 heteroatoms. The van der Waals surface area contributed by atoms with Crippen molar-refractivity contribution in [1.82, 2.24) is 4.90 Å². The van der Waals surface area contributed by atoms with Crippen molar-refractivity contribution in [3.8, 4) is 11.5 Å². The van der Waals surface area contributed by atoms with Gasteiger partial charge in [-0.1, -0.05) is 24.3 Å². The van der Waals surface area contributed by atoms with E-state index in [1.807, 2.05) is 29.2 Å². The van der Waals surface area contributed by atoms with Crippen molar-refractivity contribution < 1.29 is 22.7 Å². The molecular weight excluding hydrogens is 402 g/mol. The summed E-state index contributed by atoms with van der Waals surface area (Å²) >= 11 is 0. The highest BCUT2D eigenvalue weighted by Gasteiger charge is 2.46. The number of hydrogen-bond acceptors (Lipinski definition) is 5. The molecule has 5 rings (SSSR count). The van der Waals surface area contributed by atoms with Crippen molar-refractivity contribution >= 4 is 21.8 Å². The lowest BCUT2D eigenvalue weighted by atomic mass is 10.0. The first-order valence-electron chi connectivity index (χ1n) is 10.2. The highest BCUT2D eigenvalue weighted by atomic mass is 32.2. The molecule has 3 aliphatic heterocycles. The fourth-order valence-corrected chi connectivity index (χ4v) is 6.69. The molecule has 0 unspecified atom stereocenters. The average Bonchev–Trinajstić information content (AvgIpc) is 3.33. The molecule has 0 spiro atoms. The van der Waals surface area contributed by atoms with Gasteiger partial charge in [0.1, 0.15) is 0 Å². The zero-order chi connectivity index (χ0) is 20.7. The number of ether oxygens (including phenoxy) is 2. The molecule has 2 atom stereocenters. The van der Waals surface area contributed by atoms with Crippen molar-refractivity contribution in [2.75, 3.05) is 6.79 Å². The highest BCUT2D eigenvalue weighted by molar-refractivity contribution is 7.92. The van der Waals surface area contributed by atoms with Crippen molar-refractivity contribution in [2.24, 2.45) is 0 Å². The summed E-state index contributed by atoms with van der Waals surface area (Å²) in [6.07, 6.45) is 6.06. The predicted molar refractivity (Wildman–Crippen MR) is 112 cm³/mol. The number of amides is 1. The monoisotopic (exact) mass is 425 g/mol. The van der Waals surface area contributed by atoms with Crippen LogP contribution in [0, 0.1) is 0 Å². The summed E-state index contributed by atoms with van der Waals surface area (Å²) in [7, 11) is -3.38. The minimum absolute atomic E-state index is 0.0267. The van der Waals surface area contributed by atoms with E-state index in [0.717, 1.165) is 18.4 Å². The Kier molecular flexibility index (Phi) is 4.77. The summed E-state index contributed by atoms with van der Waals surface area (Å²) in [6.45, 7) is 0.214. The van der Waals surface area contributed by atoms with Crippen LogP contribution in [0.5, 0.6) is 11.5 Å². The maximum absolute atomic E-state index is 13.0. The third-order valence-electron chi connectivity index (χ3n) is 6.27. The number of piperidine rings is 1. The van der Waals surface area contributed by atoms with Crippen molar-refractivity contribution in [3.63, 3.8) is 0 Å². The SMILES string of the molecule is O=C(/C=C/c1ccc2c(c1)OCO2)N1[C@H]2CC[C@H]1CC(S(=O)(=O)c1ccccc1)C2. The largest absolute Gasteiger partial charge is 0.454 e. The van der Waals surface area contributed by atoms with Crippen LogP contribution in [-0.2, 0) is 14.6 Å². The van der Waals surface area contributed by atoms with Gasteiger partial charge >= 0.3 is 0 Å². The van der Waals surface area contributed by atoms with Gasteiger partial charge in [0.05, 0.1) is 10.1 Å². The van der Waals surface area contributed by atoms with Crippen LogP contribution in [0.2, 0.25) is 0 Å². The van der Waals surface area contributed by atoms with E-state index in [0.29, 0.717) is 29.2 Å². The summed E-state index contributed by atoms with van der Waals surface area (Å²) in [5.41, 5.74) is 0.862. The lowest BCUT2D eigenvalue weighted by Gasteiger charge is -2.38. The lowest BCUT2D eigenvalue weighted by molar-refractivity contribution is -0.130. The molecular formula is C23H23NO5S. The van der Waals surface area contributed by atoms with Gasteiger partial charge in [0.15, 0.2) is 21.3 Å². The number of rotatable bonds is 4. The van der Waals surface area contributed by atoms with Crippen LogP contribution in [0.3, 0.4) is 0 Å². The first-order chi connectivity index (χ1) is 14.5. The summed E-state index contributed by atoms with van der Waals surface area (Å²) in [5, 5.41) is -0.431. The van der Waals surface area contributed by atoms with Gasteiger partial charge in [-0.25, -0.2) is 8.42 Å². The van der Waals surface area contributed by atoms with Crippen LogP contribution in [0.25, 0.3) is 6.08 Å². The zero-order valence-corrected chi connectivity index (χ0v) is 17.3. The van der Waals surface area contributed by atoms with Crippen LogP contribution in [0.15, 0.2) is 59.5 Å². The Labute approximate surface area is 176 Å². The molecule has 30 heavy (non-hydrogen) atoms. The molecule has 2 aromatic carbocycles. The average molecular weight is 426 g/mol. The van der Waals surface area contributed by atoms with E-state index in [1.54, 1.807) is 36.4 Å². The minimum atomic E-state index is -3.38. The molecule has 0 radical (unpaired) electrons. The summed E-state index contributed by atoms with van der Waals surface area (Å²) in [4.78, 5) is 15.2. The number of benzene rings is 2. The molecule has 6 nitrogen and oxygen atoms in total.